The van der Waals surface area contributed by atoms with Crippen molar-refractivity contribution < 1.29 is 32.2 Å². The van der Waals surface area contributed by atoms with E-state index in [9.17, 15) is 27.9 Å². The van der Waals surface area contributed by atoms with Gasteiger partial charge in [0.15, 0.2) is 6.04 Å². The minimum absolute atomic E-state index is 0.0446. The van der Waals surface area contributed by atoms with Crippen molar-refractivity contribution >= 4 is 22.6 Å². The number of ether oxygens (including phenoxy) is 1. The van der Waals surface area contributed by atoms with Crippen molar-refractivity contribution in [3.05, 3.63) is 40.2 Å². The number of esters is 1. The Labute approximate surface area is 133 Å². The van der Waals surface area contributed by atoms with Crippen LogP contribution in [0.3, 0.4) is 0 Å². The van der Waals surface area contributed by atoms with Gasteiger partial charge in [-0.15, -0.1) is 0 Å². The molecule has 1 aromatic carbocycles. The van der Waals surface area contributed by atoms with Crippen molar-refractivity contribution in [3.8, 4) is 0 Å². The van der Waals surface area contributed by atoms with E-state index in [0.29, 0.717) is 0 Å². The van der Waals surface area contributed by atoms with E-state index in [-0.39, 0.29) is 16.7 Å². The molecule has 1 aliphatic rings. The molecule has 1 N–H and O–H groups in total. The van der Waals surface area contributed by atoms with Gasteiger partial charge in [-0.1, -0.05) is 12.1 Å². The predicted octanol–water partition coefficient (Wildman–Crippen LogP) is 1.53. The van der Waals surface area contributed by atoms with Crippen molar-refractivity contribution in [3.63, 3.8) is 0 Å². The second-order valence-corrected chi connectivity index (χ2v) is 5.41. The number of fused-ring (bicyclic) bond motifs is 3. The van der Waals surface area contributed by atoms with E-state index >= 15 is 0 Å². The Bertz CT molecular complexity index is 891. The summed E-state index contributed by atoms with van der Waals surface area (Å²) in [6.45, 7) is 0. The number of para-hydroxylation sites is 1. The predicted molar refractivity (Wildman–Crippen MR) is 76.6 cm³/mol. The largest absolute Gasteiger partial charge is 0.467 e. The minimum atomic E-state index is -5.30. The van der Waals surface area contributed by atoms with Crippen LogP contribution in [0.15, 0.2) is 33.5 Å². The highest BCUT2D eigenvalue weighted by molar-refractivity contribution is 5.98. The molecule has 24 heavy (non-hydrogen) atoms. The first-order valence-corrected chi connectivity index (χ1v) is 6.80. The maximum absolute atomic E-state index is 13.7. The lowest BCUT2D eigenvalue weighted by atomic mass is 9.89. The molecule has 0 saturated carbocycles. The standard InChI is InChI=1S/C15H12F3NO5/c1-19-10-7-5-3-4-6-8(7)24-12(20)9(10)14(22,15(16,17)18)11(19)13(21)23-2/h3-6,11,22H,1-2H3/t11-,14-/m0/s1. The van der Waals surface area contributed by atoms with Crippen LogP contribution < -0.4 is 10.5 Å². The minimum Gasteiger partial charge on any atom is -0.467 e. The molecule has 0 unspecified atom stereocenters. The van der Waals surface area contributed by atoms with Crippen molar-refractivity contribution in [2.75, 3.05) is 19.1 Å². The molecule has 128 valence electrons. The van der Waals surface area contributed by atoms with Gasteiger partial charge in [0, 0.05) is 12.4 Å². The number of rotatable bonds is 1. The summed E-state index contributed by atoms with van der Waals surface area (Å²) in [6, 6.07) is 3.76. The third kappa shape index (κ3) is 1.87. The molecular weight excluding hydrogens is 331 g/mol. The first kappa shape index (κ1) is 16.3. The molecule has 0 spiro atoms. The molecule has 2 heterocycles. The van der Waals surface area contributed by atoms with E-state index < -0.39 is 35.0 Å². The number of methoxy groups -OCH3 is 1. The molecule has 1 aliphatic heterocycles. The highest BCUT2D eigenvalue weighted by Crippen LogP contribution is 2.52. The summed E-state index contributed by atoms with van der Waals surface area (Å²) in [4.78, 5) is 25.0. The Kier molecular flexibility index (Phi) is 3.38. The Balaban J connectivity index is 2.46. The Morgan fingerprint density at radius 3 is 2.58 bits per heavy atom. The van der Waals surface area contributed by atoms with Crippen molar-refractivity contribution in [1.29, 1.82) is 0 Å². The summed E-state index contributed by atoms with van der Waals surface area (Å²) in [6.07, 6.45) is -5.30. The number of likely N-dealkylation sites (N-methyl/N-ethyl adjacent to an activating group) is 1. The molecule has 0 radical (unpaired) electrons. The zero-order valence-electron chi connectivity index (χ0n) is 12.5. The second kappa shape index (κ2) is 4.97. The highest BCUT2D eigenvalue weighted by atomic mass is 19.4. The quantitative estimate of drug-likeness (QED) is 0.625. The summed E-state index contributed by atoms with van der Waals surface area (Å²) < 4.78 is 50.3. The Morgan fingerprint density at radius 1 is 1.38 bits per heavy atom. The summed E-state index contributed by atoms with van der Waals surface area (Å²) in [5, 5.41) is 10.6. The Hall–Kier alpha value is -2.55. The molecule has 0 saturated heterocycles. The molecule has 0 fully saturated rings. The van der Waals surface area contributed by atoms with Crippen molar-refractivity contribution in [2.45, 2.75) is 17.8 Å². The van der Waals surface area contributed by atoms with Crippen LogP contribution >= 0.6 is 0 Å². The summed E-state index contributed by atoms with van der Waals surface area (Å²) >= 11 is 0. The van der Waals surface area contributed by atoms with E-state index in [4.69, 9.17) is 4.42 Å². The fourth-order valence-electron chi connectivity index (χ4n) is 3.12. The molecule has 0 bridgehead atoms. The third-order valence-corrected chi connectivity index (χ3v) is 4.16. The second-order valence-electron chi connectivity index (χ2n) is 5.41. The van der Waals surface area contributed by atoms with Gasteiger partial charge < -0.3 is 19.2 Å². The number of carbonyl (C=O) groups excluding carboxylic acids is 1. The molecular formula is C15H12F3NO5. The van der Waals surface area contributed by atoms with E-state index in [2.05, 4.69) is 4.74 Å². The highest BCUT2D eigenvalue weighted by Gasteiger charge is 2.70. The molecule has 3 rings (SSSR count). The molecule has 0 amide bonds. The van der Waals surface area contributed by atoms with Crippen LogP contribution in [0.5, 0.6) is 0 Å². The van der Waals surface area contributed by atoms with E-state index in [1.165, 1.54) is 25.2 Å². The summed E-state index contributed by atoms with van der Waals surface area (Å²) in [5.41, 5.74) is -6.29. The number of alkyl halides is 3. The van der Waals surface area contributed by atoms with Gasteiger partial charge >= 0.3 is 17.8 Å². The van der Waals surface area contributed by atoms with Crippen LogP contribution in [0.1, 0.15) is 5.56 Å². The van der Waals surface area contributed by atoms with Crippen LogP contribution in [0.2, 0.25) is 0 Å². The molecule has 1 aromatic heterocycles. The topological polar surface area (TPSA) is 80.0 Å². The van der Waals surface area contributed by atoms with Gasteiger partial charge in [-0.3, -0.25) is 0 Å². The van der Waals surface area contributed by atoms with Crippen LogP contribution in [0.4, 0.5) is 18.9 Å². The van der Waals surface area contributed by atoms with Gasteiger partial charge in [0.05, 0.1) is 12.8 Å². The average molecular weight is 343 g/mol. The lowest BCUT2D eigenvalue weighted by Crippen LogP contribution is -2.58. The first-order valence-electron chi connectivity index (χ1n) is 6.80. The molecule has 2 atom stereocenters. The average Bonchev–Trinajstić information content (AvgIpc) is 2.76. The van der Waals surface area contributed by atoms with E-state index in [1.807, 2.05) is 0 Å². The number of aliphatic hydroxyl groups is 1. The van der Waals surface area contributed by atoms with Crippen molar-refractivity contribution in [1.82, 2.24) is 0 Å². The number of nitrogens with zero attached hydrogens (tertiary/aromatic N) is 1. The fourth-order valence-corrected chi connectivity index (χ4v) is 3.12. The maximum atomic E-state index is 13.7. The van der Waals surface area contributed by atoms with Crippen LogP contribution in [-0.4, -0.2) is 37.5 Å². The first-order chi connectivity index (χ1) is 11.1. The molecule has 2 aromatic rings. The summed E-state index contributed by atoms with van der Waals surface area (Å²) in [7, 11) is 2.08. The van der Waals surface area contributed by atoms with Gasteiger partial charge in [-0.25, -0.2) is 9.59 Å². The number of anilines is 1. The lowest BCUT2D eigenvalue weighted by Gasteiger charge is -2.32. The van der Waals surface area contributed by atoms with Crippen LogP contribution in [-0.2, 0) is 15.1 Å². The zero-order valence-corrected chi connectivity index (χ0v) is 12.5. The van der Waals surface area contributed by atoms with Crippen molar-refractivity contribution in [2.24, 2.45) is 0 Å². The summed E-state index contributed by atoms with van der Waals surface area (Å²) in [5.74, 6) is -1.32. The molecule has 6 nitrogen and oxygen atoms in total. The van der Waals surface area contributed by atoms with Gasteiger partial charge in [-0.2, -0.15) is 13.2 Å². The smallest absolute Gasteiger partial charge is 0.424 e. The number of benzene rings is 1. The monoisotopic (exact) mass is 343 g/mol. The van der Waals surface area contributed by atoms with Gasteiger partial charge in [-0.05, 0) is 12.1 Å². The number of hydrogen-bond donors (Lipinski definition) is 1. The van der Waals surface area contributed by atoms with Gasteiger partial charge in [0.1, 0.15) is 11.1 Å². The van der Waals surface area contributed by atoms with Crippen LogP contribution in [0.25, 0.3) is 11.0 Å². The number of hydrogen-bond acceptors (Lipinski definition) is 6. The van der Waals surface area contributed by atoms with Gasteiger partial charge in [0.25, 0.3) is 0 Å². The van der Waals surface area contributed by atoms with E-state index in [1.54, 1.807) is 6.07 Å². The molecule has 9 heteroatoms. The fraction of sp³-hybridized carbons (Fsp3) is 0.333. The third-order valence-electron chi connectivity index (χ3n) is 4.16. The number of halogens is 3. The zero-order chi connectivity index (χ0) is 17.9. The normalized spacial score (nSPS) is 23.4. The lowest BCUT2D eigenvalue weighted by molar-refractivity contribution is -0.271. The van der Waals surface area contributed by atoms with E-state index in [0.717, 1.165) is 12.0 Å². The van der Waals surface area contributed by atoms with Gasteiger partial charge in [0.2, 0.25) is 5.60 Å². The SMILES string of the molecule is COC(=O)[C@@H]1N(C)c2c(c(=O)oc3ccccc23)[C@@]1(O)C(F)(F)F. The maximum Gasteiger partial charge on any atom is 0.424 e. The number of carbonyl (C=O) groups is 1. The molecule has 0 aliphatic carbocycles. The van der Waals surface area contributed by atoms with Crippen LogP contribution in [0, 0.1) is 0 Å². The Morgan fingerprint density at radius 2 is 2.00 bits per heavy atom.